The molecule has 0 nitrogen and oxygen atoms in total. The van der Waals surface area contributed by atoms with E-state index in [9.17, 15) is 0 Å². The second kappa shape index (κ2) is 9.65. The van der Waals surface area contributed by atoms with E-state index in [1.807, 2.05) is 0 Å². The van der Waals surface area contributed by atoms with Crippen molar-refractivity contribution in [3.63, 3.8) is 0 Å². The van der Waals surface area contributed by atoms with Gasteiger partial charge in [-0.15, -0.1) is 0 Å². The zero-order valence-corrected chi connectivity index (χ0v) is 24.8. The highest BCUT2D eigenvalue weighted by Crippen LogP contribution is 2.78. The van der Waals surface area contributed by atoms with E-state index in [0.29, 0.717) is 16.7 Å². The summed E-state index contributed by atoms with van der Waals surface area (Å²) in [7, 11) is 0. The summed E-state index contributed by atoms with van der Waals surface area (Å²) in [6.45, 7) is 0. The van der Waals surface area contributed by atoms with E-state index in [1.54, 1.807) is 44.1 Å². The van der Waals surface area contributed by atoms with Crippen molar-refractivity contribution in [2.75, 3.05) is 0 Å². The molecule has 8 saturated carbocycles. The lowest BCUT2D eigenvalue weighted by Gasteiger charge is -2.73. The third-order valence-corrected chi connectivity index (χ3v) is 13.0. The number of benzene rings is 3. The van der Waals surface area contributed by atoms with Crippen LogP contribution in [0.1, 0.15) is 104 Å². The molecule has 8 bridgehead atoms. The minimum absolute atomic E-state index is 0.513. The van der Waals surface area contributed by atoms with Gasteiger partial charge in [-0.2, -0.15) is 0 Å². The molecule has 8 aliphatic carbocycles. The molecule has 3 atom stereocenters. The van der Waals surface area contributed by atoms with Gasteiger partial charge in [-0.25, -0.2) is 0 Å². The summed E-state index contributed by atoms with van der Waals surface area (Å²) in [6, 6.07) is 28.2. The lowest BCUT2D eigenvalue weighted by molar-refractivity contribution is -0.211. The van der Waals surface area contributed by atoms with E-state index in [0.717, 1.165) is 57.8 Å². The molecule has 0 aliphatic heterocycles. The van der Waals surface area contributed by atoms with Crippen LogP contribution in [0, 0.1) is 70.0 Å². The van der Waals surface area contributed by atoms with Gasteiger partial charge in [-0.1, -0.05) is 66.1 Å². The molecule has 0 spiro atoms. The van der Waals surface area contributed by atoms with Crippen molar-refractivity contribution in [3.8, 4) is 23.7 Å². The van der Waals surface area contributed by atoms with Crippen molar-refractivity contribution in [1.29, 1.82) is 0 Å². The molecule has 0 saturated heterocycles. The third kappa shape index (κ3) is 4.05. The Morgan fingerprint density at radius 2 is 0.976 bits per heavy atom. The smallest absolute Gasteiger partial charge is 0.0408 e. The molecule has 8 aliphatic rings. The fraction of sp³-hybridized carbons (Fsp3) is 0.476. The summed E-state index contributed by atoms with van der Waals surface area (Å²) in [6.07, 6.45) is 16.8. The number of hydrogen-bond acceptors (Lipinski definition) is 0. The Morgan fingerprint density at radius 1 is 0.476 bits per heavy atom. The van der Waals surface area contributed by atoms with Crippen LogP contribution in [-0.4, -0.2) is 0 Å². The molecule has 11 rings (SSSR count). The van der Waals surface area contributed by atoms with Crippen molar-refractivity contribution >= 4 is 0 Å². The molecule has 8 fully saturated rings. The zero-order chi connectivity index (χ0) is 27.7. The van der Waals surface area contributed by atoms with Crippen molar-refractivity contribution in [2.24, 2.45) is 46.3 Å². The molecule has 0 heterocycles. The lowest BCUT2D eigenvalue weighted by atomic mass is 9.32. The van der Waals surface area contributed by atoms with Gasteiger partial charge in [0.15, 0.2) is 0 Å². The fourth-order valence-corrected chi connectivity index (χ4v) is 12.4. The number of rotatable bonds is 2. The summed E-state index contributed by atoms with van der Waals surface area (Å²) >= 11 is 0. The second-order valence-corrected chi connectivity index (χ2v) is 15.5. The Morgan fingerprint density at radius 3 is 1.52 bits per heavy atom. The topological polar surface area (TPSA) is 0 Å². The van der Waals surface area contributed by atoms with E-state index in [1.165, 1.54) is 32.1 Å². The van der Waals surface area contributed by atoms with Gasteiger partial charge < -0.3 is 0 Å². The normalized spacial score (nSPS) is 38.4. The Bertz CT molecular complexity index is 1570. The molecular formula is C42H42. The summed E-state index contributed by atoms with van der Waals surface area (Å²) in [5.74, 6) is 20.7. The maximum Gasteiger partial charge on any atom is 0.0408 e. The van der Waals surface area contributed by atoms with Gasteiger partial charge >= 0.3 is 0 Å². The minimum atomic E-state index is 0.513. The van der Waals surface area contributed by atoms with Crippen LogP contribution >= 0.6 is 0 Å². The van der Waals surface area contributed by atoms with Crippen molar-refractivity contribution in [3.05, 3.63) is 107 Å². The van der Waals surface area contributed by atoms with E-state index in [4.69, 9.17) is 0 Å². The molecule has 3 aromatic rings. The summed E-state index contributed by atoms with van der Waals surface area (Å²) < 4.78 is 0. The Balaban J connectivity index is 1.16. The summed E-state index contributed by atoms with van der Waals surface area (Å²) in [5.41, 5.74) is 7.03. The first-order valence-electron chi connectivity index (χ1n) is 16.9. The van der Waals surface area contributed by atoms with Crippen LogP contribution in [0.15, 0.2) is 78.9 Å². The van der Waals surface area contributed by atoms with Crippen molar-refractivity contribution in [1.82, 2.24) is 0 Å². The van der Waals surface area contributed by atoms with Gasteiger partial charge in [-0.3, -0.25) is 0 Å². The first-order valence-corrected chi connectivity index (χ1v) is 16.9. The van der Waals surface area contributed by atoms with E-state index >= 15 is 0 Å². The van der Waals surface area contributed by atoms with Gasteiger partial charge in [0, 0.05) is 22.3 Å². The van der Waals surface area contributed by atoms with Gasteiger partial charge in [-0.05, 0) is 165 Å². The summed E-state index contributed by atoms with van der Waals surface area (Å²) in [5, 5.41) is 0. The second-order valence-electron chi connectivity index (χ2n) is 15.5. The molecule has 0 radical (unpaired) electrons. The van der Waals surface area contributed by atoms with Crippen LogP contribution in [0.2, 0.25) is 0 Å². The monoisotopic (exact) mass is 546 g/mol. The predicted molar refractivity (Wildman–Crippen MR) is 171 cm³/mol. The third-order valence-electron chi connectivity index (χ3n) is 13.0. The van der Waals surface area contributed by atoms with E-state index in [-0.39, 0.29) is 0 Å². The largest absolute Gasteiger partial charge is 0.0622 e. The first kappa shape index (κ1) is 25.3. The molecule has 42 heavy (non-hydrogen) atoms. The molecule has 0 aromatic heterocycles. The van der Waals surface area contributed by atoms with Gasteiger partial charge in [0.2, 0.25) is 0 Å². The Hall–Kier alpha value is -3.22. The molecule has 3 unspecified atom stereocenters. The van der Waals surface area contributed by atoms with Gasteiger partial charge in [0.1, 0.15) is 0 Å². The van der Waals surface area contributed by atoms with Crippen LogP contribution in [-0.2, 0) is 0 Å². The maximum absolute atomic E-state index is 3.62. The van der Waals surface area contributed by atoms with Gasteiger partial charge in [0.25, 0.3) is 0 Å². The number of hydrogen-bond donors (Lipinski definition) is 0. The van der Waals surface area contributed by atoms with Crippen LogP contribution in [0.3, 0.4) is 0 Å². The molecule has 210 valence electrons. The van der Waals surface area contributed by atoms with Crippen molar-refractivity contribution in [2.45, 2.75) is 76.5 Å². The van der Waals surface area contributed by atoms with E-state index < -0.39 is 0 Å². The average molecular weight is 547 g/mol. The quantitative estimate of drug-likeness (QED) is 0.281. The van der Waals surface area contributed by atoms with Crippen LogP contribution in [0.4, 0.5) is 0 Å². The highest BCUT2D eigenvalue weighted by molar-refractivity contribution is 5.56. The predicted octanol–water partition coefficient (Wildman–Crippen LogP) is 9.61. The first-order chi connectivity index (χ1) is 20.6. The molecule has 3 aromatic carbocycles. The fourth-order valence-electron chi connectivity index (χ4n) is 12.4. The SMILES string of the molecule is C(#Cc1ccc(C2C3CC4CC(C3)CC2(C23CC5CC(CC(C5)C2)C3)C4)cc1C#Cc1ccccc1)c1ccccc1. The standard InChI is InChI=1S/C42H42/c1-3-7-29(8-4-1)11-13-36-15-16-38(23-37(36)14-12-30-9-5-2-6-10-30)40-39-21-34-20-35(22-39)28-42(40,27-34)41-24-31-17-32(25-41)19-33(18-31)26-41/h1-10,15-16,23,31-35,39-40H,17-22,24-28H2. The lowest BCUT2D eigenvalue weighted by Crippen LogP contribution is -2.63. The molecule has 0 amide bonds. The zero-order valence-electron chi connectivity index (χ0n) is 24.8. The molecule has 0 N–H and O–H groups in total. The van der Waals surface area contributed by atoms with Gasteiger partial charge in [0.05, 0.1) is 0 Å². The van der Waals surface area contributed by atoms with Crippen LogP contribution < -0.4 is 0 Å². The Kier molecular flexibility index (Phi) is 5.81. The minimum Gasteiger partial charge on any atom is -0.0622 e. The summed E-state index contributed by atoms with van der Waals surface area (Å²) in [4.78, 5) is 0. The molecular weight excluding hydrogens is 504 g/mol. The molecule has 0 heteroatoms. The van der Waals surface area contributed by atoms with Crippen molar-refractivity contribution < 1.29 is 0 Å². The highest BCUT2D eigenvalue weighted by Gasteiger charge is 2.68. The maximum atomic E-state index is 3.62. The average Bonchev–Trinajstić information content (AvgIpc) is 2.99. The highest BCUT2D eigenvalue weighted by atomic mass is 14.7. The van der Waals surface area contributed by atoms with Crippen LogP contribution in [0.25, 0.3) is 0 Å². The van der Waals surface area contributed by atoms with E-state index in [2.05, 4.69) is 103 Å². The Labute approximate surface area is 252 Å². The van der Waals surface area contributed by atoms with Crippen LogP contribution in [0.5, 0.6) is 0 Å².